The topological polar surface area (TPSA) is 83.8 Å². The van der Waals surface area contributed by atoms with Gasteiger partial charge >= 0.3 is 0 Å². The summed E-state index contributed by atoms with van der Waals surface area (Å²) in [6.45, 7) is 0.705. The molecular weight excluding hydrogens is 228 g/mol. The van der Waals surface area contributed by atoms with E-state index in [-0.39, 0.29) is 5.56 Å². The summed E-state index contributed by atoms with van der Waals surface area (Å²) in [5.41, 5.74) is 5.71. The van der Waals surface area contributed by atoms with Crippen molar-refractivity contribution in [2.75, 3.05) is 11.9 Å². The van der Waals surface area contributed by atoms with Crippen LogP contribution in [0.5, 0.6) is 0 Å². The number of nitrogens with two attached hydrogens (primary N) is 1. The molecule has 0 aliphatic heterocycles. The molecule has 0 aromatic carbocycles. The SMILES string of the molecule is NCC1CCCC1Nc1cc(=O)[nH]c(C2CC2)n1. The normalized spacial score (nSPS) is 27.4. The molecular formula is C13H20N4O. The van der Waals surface area contributed by atoms with Crippen LogP contribution in [-0.4, -0.2) is 22.6 Å². The minimum Gasteiger partial charge on any atom is -0.367 e. The van der Waals surface area contributed by atoms with Crippen molar-refractivity contribution >= 4 is 5.82 Å². The second kappa shape index (κ2) is 4.72. The Labute approximate surface area is 106 Å². The molecule has 1 aromatic rings. The lowest BCUT2D eigenvalue weighted by atomic mass is 10.0. The van der Waals surface area contributed by atoms with Crippen LogP contribution in [0, 0.1) is 5.92 Å². The zero-order valence-electron chi connectivity index (χ0n) is 10.5. The summed E-state index contributed by atoms with van der Waals surface area (Å²) in [7, 11) is 0. The van der Waals surface area contributed by atoms with Crippen molar-refractivity contribution in [3.63, 3.8) is 0 Å². The van der Waals surface area contributed by atoms with Gasteiger partial charge in [-0.3, -0.25) is 4.79 Å². The molecule has 2 saturated carbocycles. The molecule has 3 rings (SSSR count). The molecule has 1 aromatic heterocycles. The Morgan fingerprint density at radius 2 is 2.22 bits per heavy atom. The van der Waals surface area contributed by atoms with E-state index in [9.17, 15) is 4.79 Å². The van der Waals surface area contributed by atoms with Gasteiger partial charge in [-0.25, -0.2) is 4.98 Å². The maximum absolute atomic E-state index is 11.6. The van der Waals surface area contributed by atoms with Crippen molar-refractivity contribution in [3.8, 4) is 0 Å². The lowest BCUT2D eigenvalue weighted by Crippen LogP contribution is -2.30. The highest BCUT2D eigenvalue weighted by atomic mass is 16.1. The van der Waals surface area contributed by atoms with Gasteiger partial charge in [0.25, 0.3) is 5.56 Å². The molecule has 0 amide bonds. The van der Waals surface area contributed by atoms with Crippen LogP contribution in [0.15, 0.2) is 10.9 Å². The van der Waals surface area contributed by atoms with E-state index in [2.05, 4.69) is 15.3 Å². The van der Waals surface area contributed by atoms with Gasteiger partial charge in [-0.05, 0) is 38.1 Å². The second-order valence-electron chi connectivity index (χ2n) is 5.47. The van der Waals surface area contributed by atoms with Crippen LogP contribution >= 0.6 is 0 Å². The average Bonchev–Trinajstić information content (AvgIpc) is 3.10. The molecule has 1 heterocycles. The number of rotatable bonds is 4. The quantitative estimate of drug-likeness (QED) is 0.747. The Morgan fingerprint density at radius 1 is 1.39 bits per heavy atom. The lowest BCUT2D eigenvalue weighted by molar-refractivity contribution is 0.515. The molecule has 2 unspecified atom stereocenters. The van der Waals surface area contributed by atoms with E-state index < -0.39 is 0 Å². The van der Waals surface area contributed by atoms with E-state index in [0.717, 1.165) is 25.1 Å². The van der Waals surface area contributed by atoms with Crippen LogP contribution < -0.4 is 16.6 Å². The zero-order valence-corrected chi connectivity index (χ0v) is 10.5. The molecule has 18 heavy (non-hydrogen) atoms. The third-order valence-electron chi connectivity index (χ3n) is 4.02. The maximum Gasteiger partial charge on any atom is 0.252 e. The fourth-order valence-corrected chi connectivity index (χ4v) is 2.80. The maximum atomic E-state index is 11.6. The average molecular weight is 248 g/mol. The molecule has 0 saturated heterocycles. The smallest absolute Gasteiger partial charge is 0.252 e. The highest BCUT2D eigenvalue weighted by Crippen LogP contribution is 2.37. The largest absolute Gasteiger partial charge is 0.367 e. The van der Waals surface area contributed by atoms with Crippen LogP contribution in [-0.2, 0) is 0 Å². The highest BCUT2D eigenvalue weighted by molar-refractivity contribution is 5.35. The third kappa shape index (κ3) is 2.41. The Kier molecular flexibility index (Phi) is 3.07. The predicted molar refractivity (Wildman–Crippen MR) is 70.6 cm³/mol. The minimum atomic E-state index is -0.0586. The lowest BCUT2D eigenvalue weighted by Gasteiger charge is -2.20. The molecule has 2 atom stereocenters. The van der Waals surface area contributed by atoms with E-state index >= 15 is 0 Å². The van der Waals surface area contributed by atoms with Gasteiger partial charge in [0.2, 0.25) is 0 Å². The molecule has 0 bridgehead atoms. The Morgan fingerprint density at radius 3 is 2.94 bits per heavy atom. The second-order valence-corrected chi connectivity index (χ2v) is 5.47. The highest BCUT2D eigenvalue weighted by Gasteiger charge is 2.28. The Balaban J connectivity index is 1.77. The molecule has 0 spiro atoms. The standard InChI is InChI=1S/C13H20N4O/c14-7-9-2-1-3-10(9)15-11-6-12(18)17-13(16-11)8-4-5-8/h6,8-10H,1-5,7,14H2,(H2,15,16,17,18). The number of anilines is 1. The zero-order chi connectivity index (χ0) is 12.5. The van der Waals surface area contributed by atoms with Crippen molar-refractivity contribution < 1.29 is 0 Å². The first-order chi connectivity index (χ1) is 8.76. The van der Waals surface area contributed by atoms with Gasteiger partial charge < -0.3 is 16.0 Å². The van der Waals surface area contributed by atoms with Crippen molar-refractivity contribution in [1.82, 2.24) is 9.97 Å². The predicted octanol–water partition coefficient (Wildman–Crippen LogP) is 1.19. The van der Waals surface area contributed by atoms with E-state index in [4.69, 9.17) is 5.73 Å². The van der Waals surface area contributed by atoms with Gasteiger partial charge in [-0.2, -0.15) is 0 Å². The van der Waals surface area contributed by atoms with E-state index in [1.807, 2.05) is 0 Å². The summed E-state index contributed by atoms with van der Waals surface area (Å²) in [5, 5.41) is 3.39. The molecule has 2 fully saturated rings. The summed E-state index contributed by atoms with van der Waals surface area (Å²) in [4.78, 5) is 19.0. The van der Waals surface area contributed by atoms with E-state index in [1.165, 1.54) is 12.8 Å². The number of hydrogen-bond donors (Lipinski definition) is 3. The van der Waals surface area contributed by atoms with Crippen LogP contribution in [0.2, 0.25) is 0 Å². The van der Waals surface area contributed by atoms with Gasteiger partial charge in [0.1, 0.15) is 11.6 Å². The first kappa shape index (κ1) is 11.7. The van der Waals surface area contributed by atoms with Crippen molar-refractivity contribution in [2.24, 2.45) is 11.7 Å². The molecule has 5 nitrogen and oxygen atoms in total. The molecule has 5 heteroatoms. The molecule has 98 valence electrons. The molecule has 0 radical (unpaired) electrons. The van der Waals surface area contributed by atoms with Crippen LogP contribution in [0.25, 0.3) is 0 Å². The van der Waals surface area contributed by atoms with Gasteiger partial charge in [0.05, 0.1) is 0 Å². The fraction of sp³-hybridized carbons (Fsp3) is 0.692. The number of nitrogens with one attached hydrogen (secondary N) is 2. The van der Waals surface area contributed by atoms with Crippen molar-refractivity contribution in [3.05, 3.63) is 22.2 Å². The summed E-state index contributed by atoms with van der Waals surface area (Å²) in [5.74, 6) is 2.53. The van der Waals surface area contributed by atoms with Gasteiger partial charge in [-0.15, -0.1) is 0 Å². The summed E-state index contributed by atoms with van der Waals surface area (Å²) in [6.07, 6.45) is 5.78. The number of aromatic amines is 1. The van der Waals surface area contributed by atoms with E-state index in [1.54, 1.807) is 6.07 Å². The first-order valence-electron chi connectivity index (χ1n) is 6.84. The number of hydrogen-bond acceptors (Lipinski definition) is 4. The van der Waals surface area contributed by atoms with Gasteiger partial charge in [-0.1, -0.05) is 6.42 Å². The minimum absolute atomic E-state index is 0.0586. The molecule has 4 N–H and O–H groups in total. The Hall–Kier alpha value is -1.36. The van der Waals surface area contributed by atoms with Crippen LogP contribution in [0.3, 0.4) is 0 Å². The Bertz CT molecular complexity index is 480. The fourth-order valence-electron chi connectivity index (χ4n) is 2.80. The monoisotopic (exact) mass is 248 g/mol. The molecule has 2 aliphatic rings. The van der Waals surface area contributed by atoms with Crippen LogP contribution in [0.1, 0.15) is 43.8 Å². The molecule has 2 aliphatic carbocycles. The van der Waals surface area contributed by atoms with Gasteiger partial charge in [0.15, 0.2) is 0 Å². The summed E-state index contributed by atoms with van der Waals surface area (Å²) >= 11 is 0. The summed E-state index contributed by atoms with van der Waals surface area (Å²) < 4.78 is 0. The van der Waals surface area contributed by atoms with Crippen LogP contribution in [0.4, 0.5) is 5.82 Å². The van der Waals surface area contributed by atoms with Crippen molar-refractivity contribution in [2.45, 2.75) is 44.1 Å². The third-order valence-corrected chi connectivity index (χ3v) is 4.02. The van der Waals surface area contributed by atoms with Crippen molar-refractivity contribution in [1.29, 1.82) is 0 Å². The van der Waals surface area contributed by atoms with Gasteiger partial charge in [0, 0.05) is 18.0 Å². The summed E-state index contributed by atoms with van der Waals surface area (Å²) in [6, 6.07) is 1.92. The number of nitrogens with zero attached hydrogens (tertiary/aromatic N) is 1. The number of H-pyrrole nitrogens is 1. The van der Waals surface area contributed by atoms with E-state index in [0.29, 0.717) is 30.2 Å². The number of aromatic nitrogens is 2. The first-order valence-corrected chi connectivity index (χ1v) is 6.84.